The third-order valence-electron chi connectivity index (χ3n) is 3.54. The number of allylic oxidation sites excluding steroid dienone is 1. The van der Waals surface area contributed by atoms with Crippen LogP contribution in [0.2, 0.25) is 0 Å². The second kappa shape index (κ2) is 5.88. The van der Waals surface area contributed by atoms with Gasteiger partial charge < -0.3 is 10.4 Å². The summed E-state index contributed by atoms with van der Waals surface area (Å²) in [6.45, 7) is 0.196. The first-order valence-electron chi connectivity index (χ1n) is 6.56. The average molecular weight is 340 g/mol. The number of quaternary nitrogens is 1. The van der Waals surface area contributed by atoms with Gasteiger partial charge in [0.1, 0.15) is 11.6 Å². The maximum absolute atomic E-state index is 12.7. The molecule has 1 aliphatic heterocycles. The minimum absolute atomic E-state index is 0.155. The van der Waals surface area contributed by atoms with Crippen molar-refractivity contribution in [1.82, 2.24) is 0 Å². The Labute approximate surface area is 126 Å². The number of halogens is 6. The monoisotopic (exact) mass is 340 g/mol. The van der Waals surface area contributed by atoms with Crippen molar-refractivity contribution < 1.29 is 41.6 Å². The van der Waals surface area contributed by atoms with Gasteiger partial charge in [0, 0.05) is 12.0 Å². The minimum atomic E-state index is -5.52. The number of aliphatic hydroxyl groups excluding tert-OH is 1. The number of carbonyl (C=O) groups excluding carboxylic acids is 1. The lowest BCUT2D eigenvalue weighted by atomic mass is 9.87. The topological polar surface area (TPSA) is 53.9 Å². The molecule has 0 saturated heterocycles. The van der Waals surface area contributed by atoms with Gasteiger partial charge in [0.25, 0.3) is 5.78 Å². The Hall–Kier alpha value is -2.03. The Morgan fingerprint density at radius 2 is 1.70 bits per heavy atom. The Morgan fingerprint density at radius 3 is 2.26 bits per heavy atom. The lowest BCUT2D eigenvalue weighted by molar-refractivity contribution is -0.690. The second-order valence-electron chi connectivity index (χ2n) is 5.04. The highest BCUT2D eigenvalue weighted by molar-refractivity contribution is 6.01. The number of carbonyl (C=O) groups is 1. The van der Waals surface area contributed by atoms with Crippen LogP contribution in [0.3, 0.4) is 0 Å². The predicted octanol–water partition coefficient (Wildman–Crippen LogP) is 2.35. The molecule has 0 aliphatic carbocycles. The van der Waals surface area contributed by atoms with E-state index in [1.807, 2.05) is 0 Å². The second-order valence-corrected chi connectivity index (χ2v) is 5.04. The maximum atomic E-state index is 12.7. The molecule has 1 aliphatic rings. The number of fused-ring (bicyclic) bond motifs is 1. The van der Waals surface area contributed by atoms with E-state index in [4.69, 9.17) is 0 Å². The van der Waals surface area contributed by atoms with E-state index >= 15 is 0 Å². The number of nitrogens with two attached hydrogens (primary N) is 1. The van der Waals surface area contributed by atoms with Crippen LogP contribution in [-0.2, 0) is 11.2 Å². The van der Waals surface area contributed by atoms with Crippen LogP contribution < -0.4 is 5.32 Å². The van der Waals surface area contributed by atoms with Gasteiger partial charge in [-0.1, -0.05) is 24.3 Å². The molecule has 23 heavy (non-hydrogen) atoms. The van der Waals surface area contributed by atoms with Gasteiger partial charge in [0.15, 0.2) is 0 Å². The van der Waals surface area contributed by atoms with Crippen molar-refractivity contribution in [3.63, 3.8) is 0 Å². The third kappa shape index (κ3) is 3.49. The molecule has 0 saturated carbocycles. The Kier molecular flexibility index (Phi) is 4.43. The molecule has 0 spiro atoms. The highest BCUT2D eigenvalue weighted by Crippen LogP contribution is 2.36. The molecule has 0 radical (unpaired) electrons. The molecule has 2 rings (SSSR count). The molecule has 9 heteroatoms. The lowest BCUT2D eigenvalue weighted by Gasteiger charge is -2.26. The van der Waals surface area contributed by atoms with Gasteiger partial charge in [-0.3, -0.25) is 4.79 Å². The first-order chi connectivity index (χ1) is 10.5. The minimum Gasteiger partial charge on any atom is -0.504 e. The number of benzene rings is 1. The van der Waals surface area contributed by atoms with Crippen LogP contribution in [-0.4, -0.2) is 29.8 Å². The zero-order valence-corrected chi connectivity index (χ0v) is 11.5. The Morgan fingerprint density at radius 1 is 1.09 bits per heavy atom. The van der Waals surface area contributed by atoms with Gasteiger partial charge in [-0.25, -0.2) is 0 Å². The van der Waals surface area contributed by atoms with Gasteiger partial charge in [-0.05, 0) is 5.56 Å². The van der Waals surface area contributed by atoms with Crippen molar-refractivity contribution in [1.29, 1.82) is 0 Å². The van der Waals surface area contributed by atoms with Gasteiger partial charge in [0.2, 0.25) is 5.76 Å². The summed E-state index contributed by atoms with van der Waals surface area (Å²) in [4.78, 5) is 11.5. The summed E-state index contributed by atoms with van der Waals surface area (Å²) in [5.74, 6) is -5.19. The van der Waals surface area contributed by atoms with E-state index in [1.54, 1.807) is 12.1 Å². The fourth-order valence-corrected chi connectivity index (χ4v) is 2.57. The van der Waals surface area contributed by atoms with Crippen molar-refractivity contribution >= 4 is 5.78 Å². The van der Waals surface area contributed by atoms with Gasteiger partial charge in [-0.15, -0.1) is 0 Å². The van der Waals surface area contributed by atoms with E-state index in [-0.39, 0.29) is 12.1 Å². The first-order valence-corrected chi connectivity index (χ1v) is 6.56. The SMILES string of the molecule is O=C(/C(=C(/O)C(F)(F)F)[C@H]1[NH2+]CCc2ccccc21)C(F)(F)F. The lowest BCUT2D eigenvalue weighted by Crippen LogP contribution is -2.88. The number of aliphatic hydroxyl groups is 1. The third-order valence-corrected chi connectivity index (χ3v) is 3.54. The number of Topliss-reactive ketones (excluding diaryl/α,β-unsaturated/α-hetero) is 1. The van der Waals surface area contributed by atoms with E-state index < -0.39 is 35.5 Å². The van der Waals surface area contributed by atoms with Crippen molar-refractivity contribution in [2.24, 2.45) is 0 Å². The molecular formula is C14H12F6NO2+. The van der Waals surface area contributed by atoms with Gasteiger partial charge >= 0.3 is 12.4 Å². The fourth-order valence-electron chi connectivity index (χ4n) is 2.57. The molecule has 1 aromatic carbocycles. The summed E-state index contributed by atoms with van der Waals surface area (Å²) in [5, 5.41) is 10.5. The van der Waals surface area contributed by atoms with E-state index in [0.29, 0.717) is 12.0 Å². The zero-order valence-electron chi connectivity index (χ0n) is 11.5. The van der Waals surface area contributed by atoms with E-state index in [9.17, 15) is 36.2 Å². The number of hydrogen-bond acceptors (Lipinski definition) is 2. The van der Waals surface area contributed by atoms with Crippen LogP contribution in [0.1, 0.15) is 17.2 Å². The van der Waals surface area contributed by atoms with E-state index in [0.717, 1.165) is 0 Å². The van der Waals surface area contributed by atoms with Gasteiger partial charge in [-0.2, -0.15) is 26.3 Å². The highest BCUT2D eigenvalue weighted by atomic mass is 19.4. The van der Waals surface area contributed by atoms with Crippen molar-refractivity contribution in [3.05, 3.63) is 46.7 Å². The summed E-state index contributed by atoms with van der Waals surface area (Å²) < 4.78 is 76.3. The molecule has 1 heterocycles. The van der Waals surface area contributed by atoms with Crippen LogP contribution in [0, 0.1) is 0 Å². The molecule has 1 aromatic rings. The molecule has 0 aromatic heterocycles. The molecule has 0 bridgehead atoms. The summed E-state index contributed by atoms with van der Waals surface area (Å²) >= 11 is 0. The van der Waals surface area contributed by atoms with E-state index in [2.05, 4.69) is 0 Å². The molecule has 3 nitrogen and oxygen atoms in total. The summed E-state index contributed by atoms with van der Waals surface area (Å²) in [6, 6.07) is 4.40. The highest BCUT2D eigenvalue weighted by Gasteiger charge is 2.51. The normalized spacial score (nSPS) is 19.8. The number of alkyl halides is 6. The van der Waals surface area contributed by atoms with Crippen LogP contribution in [0.4, 0.5) is 26.3 Å². The quantitative estimate of drug-likeness (QED) is 0.493. The molecular weight excluding hydrogens is 328 g/mol. The Bertz CT molecular complexity index is 647. The zero-order chi connectivity index (χ0) is 17.4. The maximum Gasteiger partial charge on any atom is 0.454 e. The van der Waals surface area contributed by atoms with Crippen LogP contribution in [0.15, 0.2) is 35.6 Å². The fraction of sp³-hybridized carbons (Fsp3) is 0.357. The molecule has 0 unspecified atom stereocenters. The van der Waals surface area contributed by atoms with Gasteiger partial charge in [0.05, 0.1) is 6.54 Å². The summed E-state index contributed by atoms with van der Waals surface area (Å²) in [7, 11) is 0. The molecule has 1 atom stereocenters. The number of ketones is 1. The largest absolute Gasteiger partial charge is 0.504 e. The van der Waals surface area contributed by atoms with Crippen LogP contribution >= 0.6 is 0 Å². The van der Waals surface area contributed by atoms with Crippen molar-refractivity contribution in [2.75, 3.05) is 6.54 Å². The predicted molar refractivity (Wildman–Crippen MR) is 66.5 cm³/mol. The molecule has 0 amide bonds. The molecule has 0 fully saturated rings. The molecule has 126 valence electrons. The number of rotatable bonds is 2. The van der Waals surface area contributed by atoms with Crippen molar-refractivity contribution in [2.45, 2.75) is 24.8 Å². The van der Waals surface area contributed by atoms with Crippen LogP contribution in [0.5, 0.6) is 0 Å². The van der Waals surface area contributed by atoms with E-state index in [1.165, 1.54) is 17.4 Å². The smallest absolute Gasteiger partial charge is 0.454 e. The number of hydrogen-bond donors (Lipinski definition) is 2. The summed E-state index contributed by atoms with van der Waals surface area (Å²) in [6.07, 6.45) is -10.5. The Balaban J connectivity index is 2.64. The van der Waals surface area contributed by atoms with Crippen molar-refractivity contribution in [3.8, 4) is 0 Å². The summed E-state index contributed by atoms with van der Waals surface area (Å²) in [5.41, 5.74) is -0.984. The first kappa shape index (κ1) is 17.3. The van der Waals surface area contributed by atoms with Crippen LogP contribution in [0.25, 0.3) is 0 Å². The standard InChI is InChI=1S/C14H11F6NO2/c15-13(16,17)11(22)9(12(23)14(18,19)20)10-8-4-2-1-3-7(8)5-6-21-10/h1-4,10,21-22H,5-6H2/p+1/b11-9+/t10-/m0/s1. The average Bonchev–Trinajstić information content (AvgIpc) is 2.45. The molecule has 3 N–H and O–H groups in total.